The van der Waals surface area contributed by atoms with E-state index >= 15 is 0 Å². The molecule has 0 saturated carbocycles. The molecule has 3 heteroatoms. The zero-order valence-corrected chi connectivity index (χ0v) is 9.91. The summed E-state index contributed by atoms with van der Waals surface area (Å²) in [5, 5.41) is 9.86. The van der Waals surface area contributed by atoms with Gasteiger partial charge in [-0.3, -0.25) is 0 Å². The Balaban J connectivity index is 2.42. The van der Waals surface area contributed by atoms with Crippen LogP contribution in [0.1, 0.15) is 24.9 Å². The van der Waals surface area contributed by atoms with Gasteiger partial charge >= 0.3 is 0 Å². The third kappa shape index (κ3) is 4.24. The van der Waals surface area contributed by atoms with Crippen molar-refractivity contribution in [1.29, 1.82) is 0 Å². The van der Waals surface area contributed by atoms with E-state index in [4.69, 9.17) is 5.73 Å². The fraction of sp³-hybridized carbons (Fsp3) is 0.500. The van der Waals surface area contributed by atoms with E-state index in [0.717, 1.165) is 23.5 Å². The summed E-state index contributed by atoms with van der Waals surface area (Å²) in [7, 11) is 0. The summed E-state index contributed by atoms with van der Waals surface area (Å²) in [6, 6.07) is 9.51. The van der Waals surface area contributed by atoms with Crippen molar-refractivity contribution >= 4 is 11.8 Å². The molecule has 0 aliphatic heterocycles. The van der Waals surface area contributed by atoms with Gasteiger partial charge < -0.3 is 10.8 Å². The van der Waals surface area contributed by atoms with Gasteiger partial charge in [-0.25, -0.2) is 0 Å². The summed E-state index contributed by atoms with van der Waals surface area (Å²) >= 11 is 1.83. The maximum absolute atomic E-state index is 9.86. The van der Waals surface area contributed by atoms with E-state index in [1.54, 1.807) is 0 Å². The van der Waals surface area contributed by atoms with Gasteiger partial charge in [0.25, 0.3) is 0 Å². The van der Waals surface area contributed by atoms with Crippen LogP contribution in [0.4, 0.5) is 0 Å². The Morgan fingerprint density at radius 2 is 2.00 bits per heavy atom. The molecule has 84 valence electrons. The van der Waals surface area contributed by atoms with Gasteiger partial charge in [-0.15, -0.1) is 0 Å². The SMILES string of the molecule is CCSCCC(O)C(N)c1ccccc1. The maximum atomic E-state index is 9.86. The first-order valence-electron chi connectivity index (χ1n) is 5.32. The summed E-state index contributed by atoms with van der Waals surface area (Å²) in [4.78, 5) is 0. The Morgan fingerprint density at radius 3 is 2.60 bits per heavy atom. The number of hydrogen-bond donors (Lipinski definition) is 2. The largest absolute Gasteiger partial charge is 0.391 e. The molecule has 0 fully saturated rings. The average molecular weight is 225 g/mol. The molecule has 2 atom stereocenters. The molecule has 0 spiro atoms. The molecule has 0 saturated heterocycles. The minimum atomic E-state index is -0.438. The highest BCUT2D eigenvalue weighted by Gasteiger charge is 2.15. The zero-order chi connectivity index (χ0) is 11.1. The van der Waals surface area contributed by atoms with Crippen molar-refractivity contribution < 1.29 is 5.11 Å². The highest BCUT2D eigenvalue weighted by atomic mass is 32.2. The van der Waals surface area contributed by atoms with Gasteiger partial charge in [-0.2, -0.15) is 11.8 Å². The molecular weight excluding hydrogens is 206 g/mol. The van der Waals surface area contributed by atoms with Crippen LogP contribution in [-0.2, 0) is 0 Å². The number of hydrogen-bond acceptors (Lipinski definition) is 3. The smallest absolute Gasteiger partial charge is 0.0740 e. The Bertz CT molecular complexity index is 266. The lowest BCUT2D eigenvalue weighted by Gasteiger charge is -2.18. The molecule has 0 bridgehead atoms. The van der Waals surface area contributed by atoms with Gasteiger partial charge in [0.05, 0.1) is 12.1 Å². The van der Waals surface area contributed by atoms with Crippen molar-refractivity contribution in [2.75, 3.05) is 11.5 Å². The third-order valence-electron chi connectivity index (χ3n) is 2.36. The van der Waals surface area contributed by atoms with Crippen LogP contribution in [0.2, 0.25) is 0 Å². The Hall–Kier alpha value is -0.510. The van der Waals surface area contributed by atoms with E-state index in [9.17, 15) is 5.11 Å². The fourth-order valence-corrected chi connectivity index (χ4v) is 2.12. The molecular formula is C12H19NOS. The quantitative estimate of drug-likeness (QED) is 0.730. The Labute approximate surface area is 95.9 Å². The molecule has 1 aromatic rings. The van der Waals surface area contributed by atoms with E-state index in [2.05, 4.69) is 6.92 Å². The first-order valence-corrected chi connectivity index (χ1v) is 6.47. The van der Waals surface area contributed by atoms with E-state index in [-0.39, 0.29) is 6.04 Å². The van der Waals surface area contributed by atoms with Crippen LogP contribution >= 0.6 is 11.8 Å². The van der Waals surface area contributed by atoms with Crippen molar-refractivity contribution in [1.82, 2.24) is 0 Å². The van der Waals surface area contributed by atoms with E-state index in [0.29, 0.717) is 0 Å². The second-order valence-electron chi connectivity index (χ2n) is 3.49. The predicted octanol–water partition coefficient (Wildman–Crippen LogP) is 2.19. The Morgan fingerprint density at radius 1 is 1.33 bits per heavy atom. The van der Waals surface area contributed by atoms with Crippen LogP contribution < -0.4 is 5.73 Å². The topological polar surface area (TPSA) is 46.2 Å². The highest BCUT2D eigenvalue weighted by Crippen LogP contribution is 2.17. The van der Waals surface area contributed by atoms with Crippen molar-refractivity contribution in [3.05, 3.63) is 35.9 Å². The maximum Gasteiger partial charge on any atom is 0.0740 e. The van der Waals surface area contributed by atoms with Crippen LogP contribution in [0.15, 0.2) is 30.3 Å². The average Bonchev–Trinajstić information content (AvgIpc) is 2.29. The Kier molecular flexibility index (Phi) is 5.76. The van der Waals surface area contributed by atoms with Crippen molar-refractivity contribution in [2.45, 2.75) is 25.5 Å². The number of rotatable bonds is 6. The molecule has 0 aliphatic carbocycles. The second kappa shape index (κ2) is 6.88. The third-order valence-corrected chi connectivity index (χ3v) is 3.29. The molecule has 1 aromatic carbocycles. The molecule has 0 radical (unpaired) electrons. The molecule has 2 unspecified atom stereocenters. The molecule has 0 heterocycles. The lowest BCUT2D eigenvalue weighted by molar-refractivity contribution is 0.142. The minimum Gasteiger partial charge on any atom is -0.391 e. The predicted molar refractivity (Wildman–Crippen MR) is 67.0 cm³/mol. The lowest BCUT2D eigenvalue weighted by atomic mass is 10.0. The highest BCUT2D eigenvalue weighted by molar-refractivity contribution is 7.99. The van der Waals surface area contributed by atoms with Gasteiger partial charge in [0.2, 0.25) is 0 Å². The molecule has 2 nitrogen and oxygen atoms in total. The number of benzene rings is 1. The molecule has 0 aliphatic rings. The number of nitrogens with two attached hydrogens (primary N) is 1. The van der Waals surface area contributed by atoms with Gasteiger partial charge in [-0.05, 0) is 23.5 Å². The van der Waals surface area contributed by atoms with Gasteiger partial charge in [0, 0.05) is 0 Å². The summed E-state index contributed by atoms with van der Waals surface area (Å²) in [5.41, 5.74) is 6.97. The first-order chi connectivity index (χ1) is 7.25. The molecule has 15 heavy (non-hydrogen) atoms. The van der Waals surface area contributed by atoms with Gasteiger partial charge in [0.15, 0.2) is 0 Å². The summed E-state index contributed by atoms with van der Waals surface area (Å²) in [6.07, 6.45) is 0.320. The summed E-state index contributed by atoms with van der Waals surface area (Å²) in [6.45, 7) is 2.12. The molecule has 0 aromatic heterocycles. The standard InChI is InChI=1S/C12H19NOS/c1-2-15-9-8-11(14)12(13)10-6-4-3-5-7-10/h3-7,11-12,14H,2,8-9,13H2,1H3. The van der Waals surface area contributed by atoms with Crippen LogP contribution in [0.25, 0.3) is 0 Å². The number of thioether (sulfide) groups is 1. The lowest BCUT2D eigenvalue weighted by Crippen LogP contribution is -2.26. The molecule has 3 N–H and O–H groups in total. The van der Waals surface area contributed by atoms with Crippen LogP contribution in [0, 0.1) is 0 Å². The number of aliphatic hydroxyl groups excluding tert-OH is 1. The monoisotopic (exact) mass is 225 g/mol. The molecule has 0 amide bonds. The zero-order valence-electron chi connectivity index (χ0n) is 9.10. The van der Waals surface area contributed by atoms with Crippen LogP contribution in [0.5, 0.6) is 0 Å². The first kappa shape index (κ1) is 12.6. The van der Waals surface area contributed by atoms with Crippen LogP contribution in [-0.4, -0.2) is 22.7 Å². The summed E-state index contributed by atoms with van der Waals surface area (Å²) < 4.78 is 0. The van der Waals surface area contributed by atoms with Crippen molar-refractivity contribution in [2.24, 2.45) is 5.73 Å². The summed E-state index contributed by atoms with van der Waals surface area (Å²) in [5.74, 6) is 2.06. The molecule has 1 rings (SSSR count). The van der Waals surface area contributed by atoms with Gasteiger partial charge in [-0.1, -0.05) is 37.3 Å². The minimum absolute atomic E-state index is 0.261. The van der Waals surface area contributed by atoms with E-state index in [1.165, 1.54) is 0 Å². The van der Waals surface area contributed by atoms with Crippen molar-refractivity contribution in [3.8, 4) is 0 Å². The van der Waals surface area contributed by atoms with E-state index in [1.807, 2.05) is 42.1 Å². The van der Waals surface area contributed by atoms with E-state index < -0.39 is 6.10 Å². The number of aliphatic hydroxyl groups is 1. The second-order valence-corrected chi connectivity index (χ2v) is 4.88. The normalized spacial score (nSPS) is 14.9. The fourth-order valence-electron chi connectivity index (χ4n) is 1.43. The van der Waals surface area contributed by atoms with Crippen molar-refractivity contribution in [3.63, 3.8) is 0 Å². The van der Waals surface area contributed by atoms with Gasteiger partial charge in [0.1, 0.15) is 0 Å². The van der Waals surface area contributed by atoms with Crippen LogP contribution in [0.3, 0.4) is 0 Å².